The predicted octanol–water partition coefficient (Wildman–Crippen LogP) is 2.38. The summed E-state index contributed by atoms with van der Waals surface area (Å²) < 4.78 is 0. The average Bonchev–Trinajstić information content (AvgIpc) is 2.86. The standard InChI is InChI=1S/C15H21NO/c17-15-13(11-16-9-3-4-10-16)8-7-12-5-1-2-6-14(12)15/h1-2,5-6,13,15,17H,3-4,7-11H2/t13-,15-/m1/s1. The molecule has 0 saturated carbocycles. The van der Waals surface area contributed by atoms with Crippen LogP contribution < -0.4 is 0 Å². The zero-order valence-electron chi connectivity index (χ0n) is 10.3. The molecule has 0 unspecified atom stereocenters. The zero-order chi connectivity index (χ0) is 11.7. The number of nitrogens with zero attached hydrogens (tertiary/aromatic N) is 1. The van der Waals surface area contributed by atoms with E-state index in [9.17, 15) is 5.11 Å². The normalized spacial score (nSPS) is 29.2. The number of aliphatic hydroxyl groups excluding tert-OH is 1. The molecular weight excluding hydrogens is 210 g/mol. The van der Waals surface area contributed by atoms with Crippen LogP contribution in [0.15, 0.2) is 24.3 Å². The maximum atomic E-state index is 10.5. The van der Waals surface area contributed by atoms with E-state index in [4.69, 9.17) is 0 Å². The van der Waals surface area contributed by atoms with Crippen molar-refractivity contribution in [1.29, 1.82) is 0 Å². The number of rotatable bonds is 2. The molecule has 2 nitrogen and oxygen atoms in total. The van der Waals surface area contributed by atoms with Gasteiger partial charge in [0, 0.05) is 12.5 Å². The van der Waals surface area contributed by atoms with E-state index in [2.05, 4.69) is 23.1 Å². The largest absolute Gasteiger partial charge is 0.388 e. The summed E-state index contributed by atoms with van der Waals surface area (Å²) >= 11 is 0. The summed E-state index contributed by atoms with van der Waals surface area (Å²) in [5.74, 6) is 0.433. The Labute approximate surface area is 103 Å². The fourth-order valence-corrected chi connectivity index (χ4v) is 3.29. The quantitative estimate of drug-likeness (QED) is 0.844. The van der Waals surface area contributed by atoms with Gasteiger partial charge in [0.2, 0.25) is 0 Å². The van der Waals surface area contributed by atoms with E-state index >= 15 is 0 Å². The van der Waals surface area contributed by atoms with Crippen LogP contribution >= 0.6 is 0 Å². The van der Waals surface area contributed by atoms with Gasteiger partial charge < -0.3 is 10.0 Å². The van der Waals surface area contributed by atoms with E-state index in [1.54, 1.807) is 0 Å². The molecule has 0 bridgehead atoms. The lowest BCUT2D eigenvalue weighted by Crippen LogP contribution is -2.32. The number of hydrogen-bond acceptors (Lipinski definition) is 2. The van der Waals surface area contributed by atoms with E-state index in [1.807, 2.05) is 6.07 Å². The van der Waals surface area contributed by atoms with Crippen LogP contribution in [0.1, 0.15) is 36.5 Å². The summed E-state index contributed by atoms with van der Waals surface area (Å²) in [6.07, 6.45) is 4.68. The lowest BCUT2D eigenvalue weighted by Gasteiger charge is -2.32. The average molecular weight is 231 g/mol. The summed E-state index contributed by atoms with van der Waals surface area (Å²) in [5, 5.41) is 10.5. The van der Waals surface area contributed by atoms with E-state index in [1.165, 1.54) is 37.1 Å². The lowest BCUT2D eigenvalue weighted by molar-refractivity contribution is 0.0715. The second-order valence-electron chi connectivity index (χ2n) is 5.45. The van der Waals surface area contributed by atoms with Gasteiger partial charge in [0.15, 0.2) is 0 Å². The molecule has 17 heavy (non-hydrogen) atoms. The Morgan fingerprint density at radius 3 is 2.76 bits per heavy atom. The van der Waals surface area contributed by atoms with E-state index in [0.29, 0.717) is 5.92 Å². The van der Waals surface area contributed by atoms with Crippen molar-refractivity contribution < 1.29 is 5.11 Å². The van der Waals surface area contributed by atoms with Crippen molar-refractivity contribution in [2.45, 2.75) is 31.8 Å². The lowest BCUT2D eigenvalue weighted by atomic mass is 9.81. The zero-order valence-corrected chi connectivity index (χ0v) is 10.3. The van der Waals surface area contributed by atoms with Gasteiger partial charge in [-0.05, 0) is 49.9 Å². The number of likely N-dealkylation sites (tertiary alicyclic amines) is 1. The number of fused-ring (bicyclic) bond motifs is 1. The van der Waals surface area contributed by atoms with Crippen LogP contribution in [-0.4, -0.2) is 29.6 Å². The fourth-order valence-electron chi connectivity index (χ4n) is 3.29. The Morgan fingerprint density at radius 2 is 1.94 bits per heavy atom. The van der Waals surface area contributed by atoms with Gasteiger partial charge in [-0.15, -0.1) is 0 Å². The maximum absolute atomic E-state index is 10.5. The first kappa shape index (κ1) is 11.2. The summed E-state index contributed by atoms with van der Waals surface area (Å²) in [6.45, 7) is 3.53. The van der Waals surface area contributed by atoms with Crippen molar-refractivity contribution in [3.05, 3.63) is 35.4 Å². The molecule has 0 amide bonds. The molecule has 0 radical (unpaired) electrons. The molecule has 0 spiro atoms. The molecule has 0 aromatic heterocycles. The van der Waals surface area contributed by atoms with Gasteiger partial charge in [-0.2, -0.15) is 0 Å². The number of hydrogen-bond donors (Lipinski definition) is 1. The van der Waals surface area contributed by atoms with Crippen LogP contribution in [0, 0.1) is 5.92 Å². The van der Waals surface area contributed by atoms with E-state index in [-0.39, 0.29) is 6.10 Å². The molecule has 92 valence electrons. The molecule has 3 rings (SSSR count). The van der Waals surface area contributed by atoms with Crippen LogP contribution in [0.2, 0.25) is 0 Å². The Bertz CT molecular complexity index is 384. The summed E-state index contributed by atoms with van der Waals surface area (Å²) in [4.78, 5) is 2.52. The third kappa shape index (κ3) is 2.24. The highest BCUT2D eigenvalue weighted by atomic mass is 16.3. The minimum absolute atomic E-state index is 0.249. The van der Waals surface area contributed by atoms with Crippen molar-refractivity contribution in [2.24, 2.45) is 5.92 Å². The molecular formula is C15H21NO. The second kappa shape index (κ2) is 4.79. The number of aryl methyl sites for hydroxylation is 1. The van der Waals surface area contributed by atoms with Gasteiger partial charge in [0.25, 0.3) is 0 Å². The SMILES string of the molecule is O[C@H]1c2ccccc2CC[C@@H]1CN1CCCC1. The minimum Gasteiger partial charge on any atom is -0.388 e. The van der Waals surface area contributed by atoms with E-state index < -0.39 is 0 Å². The van der Waals surface area contributed by atoms with Crippen LogP contribution in [0.25, 0.3) is 0 Å². The smallest absolute Gasteiger partial charge is 0.0833 e. The second-order valence-corrected chi connectivity index (χ2v) is 5.45. The first-order valence-electron chi connectivity index (χ1n) is 6.83. The molecule has 1 aromatic carbocycles. The van der Waals surface area contributed by atoms with Gasteiger partial charge in [-0.1, -0.05) is 24.3 Å². The number of aliphatic hydroxyl groups is 1. The molecule has 1 heterocycles. The first-order valence-corrected chi connectivity index (χ1v) is 6.83. The predicted molar refractivity (Wildman–Crippen MR) is 68.9 cm³/mol. The van der Waals surface area contributed by atoms with Crippen LogP contribution in [0.3, 0.4) is 0 Å². The highest BCUT2D eigenvalue weighted by molar-refractivity contribution is 5.31. The third-order valence-electron chi connectivity index (χ3n) is 4.30. The third-order valence-corrected chi connectivity index (χ3v) is 4.30. The maximum Gasteiger partial charge on any atom is 0.0833 e. The van der Waals surface area contributed by atoms with Crippen molar-refractivity contribution in [2.75, 3.05) is 19.6 Å². The molecule has 1 N–H and O–H groups in total. The van der Waals surface area contributed by atoms with Gasteiger partial charge in [-0.3, -0.25) is 0 Å². The van der Waals surface area contributed by atoms with Crippen LogP contribution in [0.4, 0.5) is 0 Å². The number of benzene rings is 1. The van der Waals surface area contributed by atoms with Crippen molar-refractivity contribution in [3.8, 4) is 0 Å². The Kier molecular flexibility index (Phi) is 3.17. The molecule has 2 atom stereocenters. The van der Waals surface area contributed by atoms with E-state index in [0.717, 1.165) is 19.4 Å². The molecule has 1 aliphatic carbocycles. The molecule has 1 aromatic rings. The Hall–Kier alpha value is -0.860. The minimum atomic E-state index is -0.249. The first-order chi connectivity index (χ1) is 8.34. The Morgan fingerprint density at radius 1 is 1.18 bits per heavy atom. The van der Waals surface area contributed by atoms with Crippen molar-refractivity contribution >= 4 is 0 Å². The summed E-state index contributed by atoms with van der Waals surface area (Å²) in [5.41, 5.74) is 2.51. The summed E-state index contributed by atoms with van der Waals surface area (Å²) in [7, 11) is 0. The summed E-state index contributed by atoms with van der Waals surface area (Å²) in [6, 6.07) is 8.37. The van der Waals surface area contributed by atoms with Gasteiger partial charge in [0.05, 0.1) is 6.10 Å². The fraction of sp³-hybridized carbons (Fsp3) is 0.600. The van der Waals surface area contributed by atoms with Gasteiger partial charge in [0.1, 0.15) is 0 Å². The van der Waals surface area contributed by atoms with Crippen molar-refractivity contribution in [1.82, 2.24) is 4.90 Å². The molecule has 2 aliphatic rings. The van der Waals surface area contributed by atoms with Crippen LogP contribution in [-0.2, 0) is 6.42 Å². The molecule has 2 heteroatoms. The molecule has 1 aliphatic heterocycles. The topological polar surface area (TPSA) is 23.5 Å². The van der Waals surface area contributed by atoms with Gasteiger partial charge >= 0.3 is 0 Å². The monoisotopic (exact) mass is 231 g/mol. The molecule has 1 saturated heterocycles. The molecule has 1 fully saturated rings. The van der Waals surface area contributed by atoms with Gasteiger partial charge in [-0.25, -0.2) is 0 Å². The highest BCUT2D eigenvalue weighted by Crippen LogP contribution is 2.35. The highest BCUT2D eigenvalue weighted by Gasteiger charge is 2.29. The van der Waals surface area contributed by atoms with Crippen LogP contribution in [0.5, 0.6) is 0 Å². The van der Waals surface area contributed by atoms with Crippen molar-refractivity contribution in [3.63, 3.8) is 0 Å². The Balaban J connectivity index is 1.72.